The number of anilines is 1. The Morgan fingerprint density at radius 3 is 2.95 bits per heavy atom. The molecular formula is C17H29N3. The molecule has 3 heteroatoms. The van der Waals surface area contributed by atoms with E-state index >= 15 is 0 Å². The zero-order chi connectivity index (χ0) is 14.4. The van der Waals surface area contributed by atoms with E-state index in [0.717, 1.165) is 37.8 Å². The summed E-state index contributed by atoms with van der Waals surface area (Å²) in [5, 5.41) is 3.48. The zero-order valence-electron chi connectivity index (χ0n) is 13.3. The van der Waals surface area contributed by atoms with Gasteiger partial charge in [0.05, 0.1) is 0 Å². The Hall–Kier alpha value is -1.09. The van der Waals surface area contributed by atoms with Gasteiger partial charge in [0.2, 0.25) is 0 Å². The predicted octanol–water partition coefficient (Wildman–Crippen LogP) is 3.52. The van der Waals surface area contributed by atoms with Crippen molar-refractivity contribution >= 4 is 5.82 Å². The van der Waals surface area contributed by atoms with Gasteiger partial charge in [0.1, 0.15) is 5.82 Å². The molecule has 0 aromatic carbocycles. The van der Waals surface area contributed by atoms with Gasteiger partial charge in [0.15, 0.2) is 0 Å². The molecule has 1 unspecified atom stereocenters. The standard InChI is InChI=1S/C17H29N3/c1-4-8-18-13-16-11-15(3)19-17(12-16)20-9-5-6-14(2)7-10-20/h11-12,14,18H,4-10,13H2,1-3H3. The Morgan fingerprint density at radius 1 is 1.30 bits per heavy atom. The van der Waals surface area contributed by atoms with Crippen LogP contribution in [-0.4, -0.2) is 24.6 Å². The number of pyridine rings is 1. The summed E-state index contributed by atoms with van der Waals surface area (Å²) in [5.74, 6) is 2.03. The van der Waals surface area contributed by atoms with Crippen molar-refractivity contribution in [3.63, 3.8) is 0 Å². The molecule has 0 bridgehead atoms. The number of rotatable bonds is 5. The van der Waals surface area contributed by atoms with Crippen LogP contribution in [0.15, 0.2) is 12.1 Å². The molecule has 1 atom stereocenters. The Kier molecular flexibility index (Phi) is 5.84. The number of hydrogen-bond donors (Lipinski definition) is 1. The molecular weight excluding hydrogens is 246 g/mol. The maximum atomic E-state index is 4.75. The van der Waals surface area contributed by atoms with Gasteiger partial charge in [0, 0.05) is 25.3 Å². The third-order valence-corrected chi connectivity index (χ3v) is 4.10. The molecule has 1 aromatic heterocycles. The van der Waals surface area contributed by atoms with Gasteiger partial charge in [-0.1, -0.05) is 13.8 Å². The van der Waals surface area contributed by atoms with Crippen LogP contribution in [0.5, 0.6) is 0 Å². The minimum absolute atomic E-state index is 0.857. The summed E-state index contributed by atoms with van der Waals surface area (Å²) in [7, 11) is 0. The van der Waals surface area contributed by atoms with Gasteiger partial charge >= 0.3 is 0 Å². The van der Waals surface area contributed by atoms with Gasteiger partial charge in [0.25, 0.3) is 0 Å². The monoisotopic (exact) mass is 275 g/mol. The quantitative estimate of drug-likeness (QED) is 0.833. The van der Waals surface area contributed by atoms with Crippen LogP contribution in [0.1, 0.15) is 50.8 Å². The topological polar surface area (TPSA) is 28.2 Å². The van der Waals surface area contributed by atoms with E-state index in [0.29, 0.717) is 0 Å². The first-order valence-electron chi connectivity index (χ1n) is 8.12. The minimum Gasteiger partial charge on any atom is -0.357 e. The van der Waals surface area contributed by atoms with E-state index < -0.39 is 0 Å². The Morgan fingerprint density at radius 2 is 2.15 bits per heavy atom. The fourth-order valence-corrected chi connectivity index (χ4v) is 2.89. The molecule has 0 spiro atoms. The molecule has 1 saturated heterocycles. The zero-order valence-corrected chi connectivity index (χ0v) is 13.3. The van der Waals surface area contributed by atoms with Crippen molar-refractivity contribution in [1.82, 2.24) is 10.3 Å². The second-order valence-electron chi connectivity index (χ2n) is 6.17. The molecule has 0 radical (unpaired) electrons. The lowest BCUT2D eigenvalue weighted by Crippen LogP contribution is -2.25. The third kappa shape index (κ3) is 4.48. The van der Waals surface area contributed by atoms with Crippen molar-refractivity contribution in [2.45, 2.75) is 53.0 Å². The summed E-state index contributed by atoms with van der Waals surface area (Å²) < 4.78 is 0. The second-order valence-corrected chi connectivity index (χ2v) is 6.17. The lowest BCUT2D eigenvalue weighted by Gasteiger charge is -2.22. The lowest BCUT2D eigenvalue weighted by atomic mass is 10.0. The third-order valence-electron chi connectivity index (χ3n) is 4.10. The number of nitrogens with one attached hydrogen (secondary N) is 1. The molecule has 0 aliphatic carbocycles. The van der Waals surface area contributed by atoms with Crippen LogP contribution >= 0.6 is 0 Å². The molecule has 1 aliphatic heterocycles. The van der Waals surface area contributed by atoms with Crippen LogP contribution in [0.3, 0.4) is 0 Å². The highest BCUT2D eigenvalue weighted by Crippen LogP contribution is 2.22. The molecule has 1 aromatic rings. The van der Waals surface area contributed by atoms with Crippen LogP contribution < -0.4 is 10.2 Å². The van der Waals surface area contributed by atoms with Crippen LogP contribution in [0, 0.1) is 12.8 Å². The first kappa shape index (κ1) is 15.3. The fraction of sp³-hybridized carbons (Fsp3) is 0.706. The van der Waals surface area contributed by atoms with Gasteiger partial charge in [-0.3, -0.25) is 0 Å². The molecule has 2 rings (SSSR count). The minimum atomic E-state index is 0.857. The Labute approximate surface area is 123 Å². The van der Waals surface area contributed by atoms with Gasteiger partial charge in [-0.2, -0.15) is 0 Å². The average Bonchev–Trinajstić information content (AvgIpc) is 2.63. The van der Waals surface area contributed by atoms with Crippen LogP contribution in [0.2, 0.25) is 0 Å². The van der Waals surface area contributed by atoms with Crippen molar-refractivity contribution in [3.05, 3.63) is 23.4 Å². The molecule has 0 amide bonds. The summed E-state index contributed by atoms with van der Waals surface area (Å²) in [4.78, 5) is 7.22. The van der Waals surface area contributed by atoms with E-state index in [1.807, 2.05) is 0 Å². The van der Waals surface area contributed by atoms with Gasteiger partial charge in [-0.15, -0.1) is 0 Å². The molecule has 112 valence electrons. The summed E-state index contributed by atoms with van der Waals surface area (Å²) in [6.45, 7) is 11.0. The molecule has 1 fully saturated rings. The van der Waals surface area contributed by atoms with Crippen LogP contribution in [0.25, 0.3) is 0 Å². The van der Waals surface area contributed by atoms with E-state index in [9.17, 15) is 0 Å². The van der Waals surface area contributed by atoms with E-state index in [-0.39, 0.29) is 0 Å². The summed E-state index contributed by atoms with van der Waals surface area (Å²) >= 11 is 0. The van der Waals surface area contributed by atoms with Gasteiger partial charge in [-0.05, 0) is 62.8 Å². The normalized spacial score (nSPS) is 19.9. The number of aryl methyl sites for hydroxylation is 1. The molecule has 3 nitrogen and oxygen atoms in total. The fourth-order valence-electron chi connectivity index (χ4n) is 2.89. The van der Waals surface area contributed by atoms with Gasteiger partial charge in [-0.25, -0.2) is 4.98 Å². The molecule has 20 heavy (non-hydrogen) atoms. The van der Waals surface area contributed by atoms with Crippen LogP contribution in [0.4, 0.5) is 5.82 Å². The van der Waals surface area contributed by atoms with Crippen molar-refractivity contribution in [1.29, 1.82) is 0 Å². The number of aromatic nitrogens is 1. The lowest BCUT2D eigenvalue weighted by molar-refractivity contribution is 0.521. The highest BCUT2D eigenvalue weighted by molar-refractivity contribution is 5.42. The van der Waals surface area contributed by atoms with Crippen molar-refractivity contribution in [3.8, 4) is 0 Å². The smallest absolute Gasteiger partial charge is 0.129 e. The molecule has 0 saturated carbocycles. The van der Waals surface area contributed by atoms with E-state index in [2.05, 4.69) is 43.1 Å². The van der Waals surface area contributed by atoms with E-state index in [4.69, 9.17) is 4.98 Å². The Balaban J connectivity index is 2.06. The molecule has 1 N–H and O–H groups in total. The van der Waals surface area contributed by atoms with Crippen molar-refractivity contribution < 1.29 is 0 Å². The first-order valence-corrected chi connectivity index (χ1v) is 8.12. The first-order chi connectivity index (χ1) is 9.69. The largest absolute Gasteiger partial charge is 0.357 e. The molecule has 2 heterocycles. The maximum Gasteiger partial charge on any atom is 0.129 e. The second kappa shape index (κ2) is 7.63. The van der Waals surface area contributed by atoms with E-state index in [1.165, 1.54) is 37.1 Å². The van der Waals surface area contributed by atoms with Gasteiger partial charge < -0.3 is 10.2 Å². The summed E-state index contributed by atoms with van der Waals surface area (Å²) in [6, 6.07) is 4.47. The maximum absolute atomic E-state index is 4.75. The number of nitrogens with zero attached hydrogens (tertiary/aromatic N) is 2. The Bertz CT molecular complexity index is 417. The van der Waals surface area contributed by atoms with Crippen molar-refractivity contribution in [2.24, 2.45) is 5.92 Å². The SMILES string of the molecule is CCCNCc1cc(C)nc(N2CCCC(C)CC2)c1. The highest BCUT2D eigenvalue weighted by atomic mass is 15.2. The van der Waals surface area contributed by atoms with Crippen LogP contribution in [-0.2, 0) is 6.54 Å². The van der Waals surface area contributed by atoms with E-state index in [1.54, 1.807) is 0 Å². The number of hydrogen-bond acceptors (Lipinski definition) is 3. The summed E-state index contributed by atoms with van der Waals surface area (Å²) in [6.07, 6.45) is 5.12. The predicted molar refractivity (Wildman–Crippen MR) is 86.2 cm³/mol. The molecule has 1 aliphatic rings. The highest BCUT2D eigenvalue weighted by Gasteiger charge is 2.15. The average molecular weight is 275 g/mol. The van der Waals surface area contributed by atoms with Crippen molar-refractivity contribution in [2.75, 3.05) is 24.5 Å². The summed E-state index contributed by atoms with van der Waals surface area (Å²) in [5.41, 5.74) is 2.49.